The van der Waals surface area contributed by atoms with Crippen molar-refractivity contribution in [3.05, 3.63) is 36.0 Å². The molecule has 1 fully saturated rings. The van der Waals surface area contributed by atoms with Crippen LogP contribution in [0.15, 0.2) is 35.4 Å². The van der Waals surface area contributed by atoms with Crippen LogP contribution >= 0.6 is 0 Å². The molecule has 1 unspecified atom stereocenters. The second-order valence-corrected chi connectivity index (χ2v) is 7.27. The van der Waals surface area contributed by atoms with E-state index in [2.05, 4.69) is 9.71 Å². The number of benzene rings is 1. The lowest BCUT2D eigenvalue weighted by Crippen LogP contribution is -2.34. The number of sulfonamides is 1. The van der Waals surface area contributed by atoms with Gasteiger partial charge in [0.05, 0.1) is 5.52 Å². The minimum atomic E-state index is -3.52. The van der Waals surface area contributed by atoms with Gasteiger partial charge in [0.25, 0.3) is 0 Å². The van der Waals surface area contributed by atoms with Crippen molar-refractivity contribution >= 4 is 20.9 Å². The highest BCUT2D eigenvalue weighted by Crippen LogP contribution is 2.33. The first-order valence-electron chi connectivity index (χ1n) is 6.85. The molecule has 1 aliphatic carbocycles. The molecule has 1 N–H and O–H groups in total. The summed E-state index contributed by atoms with van der Waals surface area (Å²) >= 11 is 0. The molecule has 1 atom stereocenters. The summed E-state index contributed by atoms with van der Waals surface area (Å²) in [6.45, 7) is 3.87. The molecule has 1 aliphatic rings. The lowest BCUT2D eigenvalue weighted by Gasteiger charge is -2.14. The number of rotatable bonds is 4. The third kappa shape index (κ3) is 2.55. The van der Waals surface area contributed by atoms with Gasteiger partial charge in [-0.1, -0.05) is 12.1 Å². The second-order valence-electron chi connectivity index (χ2n) is 5.59. The van der Waals surface area contributed by atoms with Gasteiger partial charge in [0, 0.05) is 17.6 Å². The van der Waals surface area contributed by atoms with E-state index in [1.165, 1.54) is 0 Å². The van der Waals surface area contributed by atoms with Gasteiger partial charge < -0.3 is 0 Å². The predicted octanol–water partition coefficient (Wildman–Crippen LogP) is 2.62. The molecule has 0 spiro atoms. The Hall–Kier alpha value is -1.46. The van der Waals surface area contributed by atoms with Gasteiger partial charge in [-0.15, -0.1) is 0 Å². The number of fused-ring (bicyclic) bond motifs is 1. The molecular weight excluding hydrogens is 272 g/mol. The van der Waals surface area contributed by atoms with E-state index in [0.717, 1.165) is 23.8 Å². The first-order valence-corrected chi connectivity index (χ1v) is 8.33. The van der Waals surface area contributed by atoms with Crippen molar-refractivity contribution in [3.8, 4) is 0 Å². The van der Waals surface area contributed by atoms with Crippen molar-refractivity contribution in [2.45, 2.75) is 37.6 Å². The Morgan fingerprint density at radius 1 is 1.35 bits per heavy atom. The normalized spacial score (nSPS) is 17.3. The highest BCUT2D eigenvalue weighted by atomic mass is 32.2. The first kappa shape index (κ1) is 13.5. The van der Waals surface area contributed by atoms with Crippen LogP contribution in [0.25, 0.3) is 10.9 Å². The lowest BCUT2D eigenvalue weighted by atomic mass is 10.2. The molecule has 1 heterocycles. The topological polar surface area (TPSA) is 59.1 Å². The number of aryl methyl sites for hydroxylation is 1. The molecule has 0 bridgehead atoms. The first-order chi connectivity index (χ1) is 9.47. The van der Waals surface area contributed by atoms with E-state index in [9.17, 15) is 8.42 Å². The van der Waals surface area contributed by atoms with Crippen LogP contribution in [-0.4, -0.2) is 19.4 Å². The molecule has 4 nitrogen and oxygen atoms in total. The third-order valence-electron chi connectivity index (χ3n) is 3.77. The maximum Gasteiger partial charge on any atom is 0.242 e. The minimum Gasteiger partial charge on any atom is -0.255 e. The third-order valence-corrected chi connectivity index (χ3v) is 5.36. The maximum absolute atomic E-state index is 12.5. The maximum atomic E-state index is 12.5. The zero-order valence-corrected chi connectivity index (χ0v) is 12.4. The Bertz CT molecular complexity index is 752. The summed E-state index contributed by atoms with van der Waals surface area (Å²) in [5, 5.41) is 0.854. The van der Waals surface area contributed by atoms with Crippen molar-refractivity contribution < 1.29 is 8.42 Å². The van der Waals surface area contributed by atoms with E-state index in [0.29, 0.717) is 11.4 Å². The van der Waals surface area contributed by atoms with E-state index in [-0.39, 0.29) is 10.9 Å². The number of hydrogen-bond donors (Lipinski definition) is 1. The van der Waals surface area contributed by atoms with E-state index in [4.69, 9.17) is 0 Å². The van der Waals surface area contributed by atoms with Crippen LogP contribution in [0.3, 0.4) is 0 Å². The van der Waals surface area contributed by atoms with Crippen LogP contribution in [0.5, 0.6) is 0 Å². The molecule has 0 radical (unpaired) electrons. The minimum absolute atomic E-state index is 0.0132. The molecule has 1 saturated carbocycles. The van der Waals surface area contributed by atoms with Crippen molar-refractivity contribution in [3.63, 3.8) is 0 Å². The van der Waals surface area contributed by atoms with Gasteiger partial charge in [0.2, 0.25) is 10.0 Å². The molecule has 0 aliphatic heterocycles. The molecule has 0 amide bonds. The number of nitrogens with zero attached hydrogens (tertiary/aromatic N) is 1. The van der Waals surface area contributed by atoms with E-state index in [1.807, 2.05) is 26.0 Å². The molecule has 3 rings (SSSR count). The number of para-hydroxylation sites is 1. The van der Waals surface area contributed by atoms with Crippen LogP contribution in [0.2, 0.25) is 0 Å². The van der Waals surface area contributed by atoms with Crippen LogP contribution in [-0.2, 0) is 10.0 Å². The van der Waals surface area contributed by atoms with E-state index < -0.39 is 10.0 Å². The van der Waals surface area contributed by atoms with Crippen LogP contribution in [0.1, 0.15) is 25.3 Å². The highest BCUT2D eigenvalue weighted by molar-refractivity contribution is 7.89. The molecular formula is C15H18N2O2S. The summed E-state index contributed by atoms with van der Waals surface area (Å²) in [6.07, 6.45) is 3.92. The number of hydrogen-bond acceptors (Lipinski definition) is 3. The Labute approximate surface area is 119 Å². The Kier molecular flexibility index (Phi) is 3.26. The lowest BCUT2D eigenvalue weighted by molar-refractivity contribution is 0.538. The Morgan fingerprint density at radius 2 is 2.10 bits per heavy atom. The molecule has 2 aromatic rings. The number of nitrogens with one attached hydrogen (secondary N) is 1. The van der Waals surface area contributed by atoms with Gasteiger partial charge in [-0.25, -0.2) is 13.1 Å². The fraction of sp³-hybridized carbons (Fsp3) is 0.400. The van der Waals surface area contributed by atoms with Gasteiger partial charge in [0.15, 0.2) is 0 Å². The van der Waals surface area contributed by atoms with Crippen LogP contribution < -0.4 is 4.72 Å². The van der Waals surface area contributed by atoms with Crippen molar-refractivity contribution in [1.82, 2.24) is 9.71 Å². The quantitative estimate of drug-likeness (QED) is 0.941. The average molecular weight is 290 g/mol. The summed E-state index contributed by atoms with van der Waals surface area (Å²) in [7, 11) is -3.52. The molecule has 0 saturated heterocycles. The van der Waals surface area contributed by atoms with Gasteiger partial charge in [-0.3, -0.25) is 4.98 Å². The predicted molar refractivity (Wildman–Crippen MR) is 79.0 cm³/mol. The molecule has 5 heteroatoms. The highest BCUT2D eigenvalue weighted by Gasteiger charge is 2.31. The Morgan fingerprint density at radius 3 is 2.80 bits per heavy atom. The Balaban J connectivity index is 2.04. The van der Waals surface area contributed by atoms with Crippen molar-refractivity contribution in [1.29, 1.82) is 0 Å². The number of aromatic nitrogens is 1. The summed E-state index contributed by atoms with van der Waals surface area (Å²) in [4.78, 5) is 4.56. The second kappa shape index (κ2) is 4.82. The SMILES string of the molecule is Cc1cnc2c(S(=O)(=O)NC(C)C3CC3)cccc2c1. The van der Waals surface area contributed by atoms with E-state index in [1.54, 1.807) is 18.3 Å². The van der Waals surface area contributed by atoms with Crippen LogP contribution in [0.4, 0.5) is 0 Å². The van der Waals surface area contributed by atoms with Gasteiger partial charge in [-0.05, 0) is 50.3 Å². The molecule has 1 aromatic heterocycles. The fourth-order valence-corrected chi connectivity index (χ4v) is 3.95. The van der Waals surface area contributed by atoms with Gasteiger partial charge in [0.1, 0.15) is 4.90 Å². The smallest absolute Gasteiger partial charge is 0.242 e. The largest absolute Gasteiger partial charge is 0.255 e. The summed E-state index contributed by atoms with van der Waals surface area (Å²) in [6, 6.07) is 7.21. The zero-order chi connectivity index (χ0) is 14.3. The monoisotopic (exact) mass is 290 g/mol. The average Bonchev–Trinajstić information content (AvgIpc) is 3.21. The molecule has 20 heavy (non-hydrogen) atoms. The number of pyridine rings is 1. The van der Waals surface area contributed by atoms with Crippen molar-refractivity contribution in [2.24, 2.45) is 5.92 Å². The molecule has 106 valence electrons. The molecule has 1 aromatic carbocycles. The fourth-order valence-electron chi connectivity index (χ4n) is 2.46. The summed E-state index contributed by atoms with van der Waals surface area (Å²) < 4.78 is 27.8. The summed E-state index contributed by atoms with van der Waals surface area (Å²) in [5.74, 6) is 0.481. The standard InChI is InChI=1S/C15H18N2O2S/c1-10-8-13-4-3-5-14(15(13)16-9-10)20(18,19)17-11(2)12-6-7-12/h3-5,8-9,11-12,17H,6-7H2,1-2H3. The summed E-state index contributed by atoms with van der Waals surface area (Å²) in [5.41, 5.74) is 1.56. The van der Waals surface area contributed by atoms with E-state index >= 15 is 0 Å². The van der Waals surface area contributed by atoms with Gasteiger partial charge in [-0.2, -0.15) is 0 Å². The van der Waals surface area contributed by atoms with Gasteiger partial charge >= 0.3 is 0 Å². The van der Waals surface area contributed by atoms with Crippen LogP contribution in [0, 0.1) is 12.8 Å². The van der Waals surface area contributed by atoms with Crippen molar-refractivity contribution in [2.75, 3.05) is 0 Å². The zero-order valence-electron chi connectivity index (χ0n) is 11.6.